The third-order valence-corrected chi connectivity index (χ3v) is 3.77. The van der Waals surface area contributed by atoms with Gasteiger partial charge in [0.25, 0.3) is 0 Å². The van der Waals surface area contributed by atoms with Gasteiger partial charge in [0.2, 0.25) is 5.91 Å². The molecule has 0 fully saturated rings. The SMILES string of the molecule is CCNC(=O)CCS(=O)(=O)CC(N)CC. The van der Waals surface area contributed by atoms with E-state index >= 15 is 0 Å². The van der Waals surface area contributed by atoms with E-state index in [1.54, 1.807) is 6.92 Å². The average Bonchev–Trinajstić information content (AvgIpc) is 2.15. The molecule has 1 atom stereocenters. The highest BCUT2D eigenvalue weighted by atomic mass is 32.2. The van der Waals surface area contributed by atoms with Gasteiger partial charge < -0.3 is 11.1 Å². The predicted octanol–water partition coefficient (Wildman–Crippen LogP) is -0.335. The molecule has 0 rings (SSSR count). The third-order valence-electron chi connectivity index (χ3n) is 2.01. The van der Waals surface area contributed by atoms with Gasteiger partial charge in [0.15, 0.2) is 9.84 Å². The van der Waals surface area contributed by atoms with Crippen molar-refractivity contribution >= 4 is 15.7 Å². The molecule has 0 heterocycles. The molecule has 0 saturated heterocycles. The highest BCUT2D eigenvalue weighted by Crippen LogP contribution is 1.99. The number of carbonyl (C=O) groups is 1. The Morgan fingerprint density at radius 1 is 1.40 bits per heavy atom. The highest BCUT2D eigenvalue weighted by Gasteiger charge is 2.16. The number of hydrogen-bond acceptors (Lipinski definition) is 4. The van der Waals surface area contributed by atoms with Crippen molar-refractivity contribution in [3.8, 4) is 0 Å². The molecule has 1 amide bonds. The maximum atomic E-state index is 11.4. The molecule has 0 aromatic rings. The molecule has 0 radical (unpaired) electrons. The van der Waals surface area contributed by atoms with Gasteiger partial charge in [0.05, 0.1) is 11.5 Å². The van der Waals surface area contributed by atoms with Gasteiger partial charge in [-0.3, -0.25) is 4.79 Å². The minimum Gasteiger partial charge on any atom is -0.356 e. The molecular weight excluding hydrogens is 216 g/mol. The van der Waals surface area contributed by atoms with Crippen LogP contribution in [0.25, 0.3) is 0 Å². The summed E-state index contributed by atoms with van der Waals surface area (Å²) in [5.41, 5.74) is 5.54. The number of rotatable bonds is 7. The number of nitrogens with two attached hydrogens (primary N) is 1. The molecule has 0 aliphatic rings. The lowest BCUT2D eigenvalue weighted by atomic mass is 10.3. The minimum atomic E-state index is -3.19. The Morgan fingerprint density at radius 3 is 2.47 bits per heavy atom. The van der Waals surface area contributed by atoms with Crippen LogP contribution < -0.4 is 11.1 Å². The van der Waals surface area contributed by atoms with Crippen LogP contribution in [0.2, 0.25) is 0 Å². The van der Waals surface area contributed by atoms with Crippen molar-refractivity contribution in [2.75, 3.05) is 18.1 Å². The van der Waals surface area contributed by atoms with E-state index in [9.17, 15) is 13.2 Å². The van der Waals surface area contributed by atoms with Crippen LogP contribution in [0.1, 0.15) is 26.7 Å². The van der Waals surface area contributed by atoms with Crippen molar-refractivity contribution in [3.63, 3.8) is 0 Å². The molecule has 1 unspecified atom stereocenters. The second kappa shape index (κ2) is 6.79. The van der Waals surface area contributed by atoms with Gasteiger partial charge in [-0.25, -0.2) is 8.42 Å². The fourth-order valence-electron chi connectivity index (χ4n) is 1.06. The van der Waals surface area contributed by atoms with Gasteiger partial charge in [-0.1, -0.05) is 6.92 Å². The van der Waals surface area contributed by atoms with Crippen molar-refractivity contribution in [3.05, 3.63) is 0 Å². The van der Waals surface area contributed by atoms with E-state index in [2.05, 4.69) is 5.32 Å². The molecule has 6 heteroatoms. The monoisotopic (exact) mass is 236 g/mol. The Balaban J connectivity index is 3.99. The van der Waals surface area contributed by atoms with Gasteiger partial charge in [0, 0.05) is 19.0 Å². The molecule has 5 nitrogen and oxygen atoms in total. The summed E-state index contributed by atoms with van der Waals surface area (Å²) in [5, 5.41) is 2.55. The molecule has 90 valence electrons. The summed E-state index contributed by atoms with van der Waals surface area (Å²) in [6.45, 7) is 4.15. The first-order valence-corrected chi connectivity index (χ1v) is 6.96. The van der Waals surface area contributed by atoms with Gasteiger partial charge in [0.1, 0.15) is 0 Å². The summed E-state index contributed by atoms with van der Waals surface area (Å²) in [5.74, 6) is -0.388. The fourth-order valence-corrected chi connectivity index (χ4v) is 2.61. The predicted molar refractivity (Wildman–Crippen MR) is 60.2 cm³/mol. The van der Waals surface area contributed by atoms with E-state index in [1.165, 1.54) is 0 Å². The van der Waals surface area contributed by atoms with Gasteiger partial charge in [-0.15, -0.1) is 0 Å². The van der Waals surface area contributed by atoms with Crippen molar-refractivity contribution in [1.82, 2.24) is 5.32 Å². The second-order valence-electron chi connectivity index (χ2n) is 3.49. The van der Waals surface area contributed by atoms with Crippen LogP contribution in [0.3, 0.4) is 0 Å². The lowest BCUT2D eigenvalue weighted by molar-refractivity contribution is -0.120. The zero-order valence-corrected chi connectivity index (χ0v) is 10.1. The van der Waals surface area contributed by atoms with Crippen LogP contribution in [-0.4, -0.2) is 38.4 Å². The maximum Gasteiger partial charge on any atom is 0.221 e. The van der Waals surface area contributed by atoms with Crippen molar-refractivity contribution in [2.45, 2.75) is 32.7 Å². The van der Waals surface area contributed by atoms with Crippen LogP contribution in [0.5, 0.6) is 0 Å². The van der Waals surface area contributed by atoms with Crippen molar-refractivity contribution < 1.29 is 13.2 Å². The molecule has 0 aromatic carbocycles. The molecule has 0 saturated carbocycles. The molecule has 0 aromatic heterocycles. The van der Waals surface area contributed by atoms with Crippen molar-refractivity contribution in [1.29, 1.82) is 0 Å². The topological polar surface area (TPSA) is 89.3 Å². The molecule has 0 spiro atoms. The Labute approximate surface area is 91.3 Å². The summed E-state index contributed by atoms with van der Waals surface area (Å²) in [7, 11) is -3.19. The standard InChI is InChI=1S/C9H20N2O3S/c1-3-8(10)7-15(13,14)6-5-9(12)11-4-2/h8H,3-7,10H2,1-2H3,(H,11,12). The number of sulfone groups is 1. The summed E-state index contributed by atoms with van der Waals surface area (Å²) in [6, 6.07) is -0.329. The zero-order chi connectivity index (χ0) is 11.9. The first kappa shape index (κ1) is 14.4. The molecule has 0 aliphatic carbocycles. The molecule has 15 heavy (non-hydrogen) atoms. The maximum absolute atomic E-state index is 11.4. The van der Waals surface area contributed by atoms with Crippen LogP contribution in [0, 0.1) is 0 Å². The molecule has 0 aliphatic heterocycles. The number of carbonyl (C=O) groups excluding carboxylic acids is 1. The molecule has 0 bridgehead atoms. The summed E-state index contributed by atoms with van der Waals surface area (Å²) < 4.78 is 22.9. The number of nitrogens with one attached hydrogen (secondary N) is 1. The van der Waals surface area contributed by atoms with E-state index < -0.39 is 9.84 Å². The lowest BCUT2D eigenvalue weighted by Crippen LogP contribution is -2.32. The normalized spacial score (nSPS) is 13.5. The third kappa shape index (κ3) is 7.33. The second-order valence-corrected chi connectivity index (χ2v) is 5.71. The fraction of sp³-hybridized carbons (Fsp3) is 0.889. The van der Waals surface area contributed by atoms with Crippen molar-refractivity contribution in [2.24, 2.45) is 5.73 Å². The van der Waals surface area contributed by atoms with E-state index in [-0.39, 0.29) is 29.9 Å². The van der Waals surface area contributed by atoms with E-state index in [1.807, 2.05) is 6.92 Å². The van der Waals surface area contributed by atoms with Gasteiger partial charge in [-0.05, 0) is 13.3 Å². The molecule has 3 N–H and O–H groups in total. The number of hydrogen-bond donors (Lipinski definition) is 2. The Morgan fingerprint density at radius 2 is 2.00 bits per heavy atom. The first-order chi connectivity index (χ1) is 6.91. The summed E-state index contributed by atoms with van der Waals surface area (Å²) in [4.78, 5) is 11.0. The van der Waals surface area contributed by atoms with E-state index in [0.29, 0.717) is 13.0 Å². The quantitative estimate of drug-likeness (QED) is 0.633. The summed E-state index contributed by atoms with van der Waals surface area (Å²) in [6.07, 6.45) is 0.646. The zero-order valence-electron chi connectivity index (χ0n) is 9.32. The summed E-state index contributed by atoms with van der Waals surface area (Å²) >= 11 is 0. The Bertz CT molecular complexity index is 288. The van der Waals surface area contributed by atoms with E-state index in [4.69, 9.17) is 5.73 Å². The van der Waals surface area contributed by atoms with E-state index in [0.717, 1.165) is 0 Å². The van der Waals surface area contributed by atoms with Crippen LogP contribution >= 0.6 is 0 Å². The van der Waals surface area contributed by atoms with Crippen LogP contribution in [-0.2, 0) is 14.6 Å². The first-order valence-electron chi connectivity index (χ1n) is 5.14. The molecular formula is C9H20N2O3S. The Kier molecular flexibility index (Phi) is 6.51. The van der Waals surface area contributed by atoms with Gasteiger partial charge in [-0.2, -0.15) is 0 Å². The smallest absolute Gasteiger partial charge is 0.221 e. The highest BCUT2D eigenvalue weighted by molar-refractivity contribution is 7.91. The average molecular weight is 236 g/mol. The van der Waals surface area contributed by atoms with Gasteiger partial charge >= 0.3 is 0 Å². The minimum absolute atomic E-state index is 0.0204. The lowest BCUT2D eigenvalue weighted by Gasteiger charge is -2.09. The number of amides is 1. The van der Waals surface area contributed by atoms with Crippen LogP contribution in [0.4, 0.5) is 0 Å². The Hall–Kier alpha value is -0.620. The largest absolute Gasteiger partial charge is 0.356 e. The van der Waals surface area contributed by atoms with Crippen LogP contribution in [0.15, 0.2) is 0 Å².